The van der Waals surface area contributed by atoms with Crippen molar-refractivity contribution in [1.82, 2.24) is 5.32 Å². The van der Waals surface area contributed by atoms with E-state index >= 15 is 0 Å². The molecule has 2 N–H and O–H groups in total. The average molecular weight is 506 g/mol. The fraction of sp³-hybridized carbons (Fsp3) is 0. The highest BCUT2D eigenvalue weighted by atomic mass is 35.5. The molecule has 0 spiro atoms. The standard InChI is InChI=1S/C22H11Cl3N2O6/c23-11-2-5-17(16(25)8-11)27-20(29)14(19(28)26-22(27)32)9-12-3-6-18(33-12)10-1-4-13(21(30)31)15(24)7-10/h1-9H,(H,30,31)(H,26,28,32)/b14-9+. The number of furan rings is 1. The van der Waals surface area contributed by atoms with Crippen molar-refractivity contribution >= 4 is 70.4 Å². The molecule has 0 saturated carbocycles. The van der Waals surface area contributed by atoms with E-state index in [1.54, 1.807) is 6.07 Å². The lowest BCUT2D eigenvalue weighted by atomic mass is 10.1. The number of carboxylic acids is 1. The molecular formula is C22H11Cl3N2O6. The summed E-state index contributed by atoms with van der Waals surface area (Å²) in [7, 11) is 0. The van der Waals surface area contributed by atoms with Crippen molar-refractivity contribution in [3.63, 3.8) is 0 Å². The Morgan fingerprint density at radius 2 is 1.73 bits per heavy atom. The Kier molecular flexibility index (Phi) is 5.99. The third kappa shape index (κ3) is 4.36. The van der Waals surface area contributed by atoms with Gasteiger partial charge in [-0.15, -0.1) is 0 Å². The molecule has 4 rings (SSSR count). The average Bonchev–Trinajstić information content (AvgIpc) is 3.21. The molecule has 4 amide bonds. The lowest BCUT2D eigenvalue weighted by Gasteiger charge is -2.26. The largest absolute Gasteiger partial charge is 0.478 e. The summed E-state index contributed by atoms with van der Waals surface area (Å²) < 4.78 is 5.67. The molecule has 1 aliphatic rings. The van der Waals surface area contributed by atoms with Gasteiger partial charge in [-0.2, -0.15) is 0 Å². The number of rotatable bonds is 4. The SMILES string of the molecule is O=C1NC(=O)N(c2ccc(Cl)cc2Cl)C(=O)/C1=C/c1ccc(-c2ccc(C(=O)O)c(Cl)c2)o1. The van der Waals surface area contributed by atoms with Gasteiger partial charge in [0.25, 0.3) is 11.8 Å². The topological polar surface area (TPSA) is 117 Å². The molecule has 0 bridgehead atoms. The fourth-order valence-electron chi connectivity index (χ4n) is 3.11. The Hall–Kier alpha value is -3.59. The first-order valence-corrected chi connectivity index (χ1v) is 10.3. The van der Waals surface area contributed by atoms with E-state index in [9.17, 15) is 19.2 Å². The summed E-state index contributed by atoms with van der Waals surface area (Å²) in [5, 5.41) is 11.5. The van der Waals surface area contributed by atoms with Gasteiger partial charge in [0.1, 0.15) is 17.1 Å². The van der Waals surface area contributed by atoms with Gasteiger partial charge < -0.3 is 9.52 Å². The molecule has 33 heavy (non-hydrogen) atoms. The molecule has 2 aromatic carbocycles. The van der Waals surface area contributed by atoms with Gasteiger partial charge in [0.15, 0.2) is 0 Å². The van der Waals surface area contributed by atoms with Crippen LogP contribution in [-0.2, 0) is 9.59 Å². The predicted octanol–water partition coefficient (Wildman–Crippen LogP) is 5.27. The molecule has 0 aliphatic carbocycles. The lowest BCUT2D eigenvalue weighted by Crippen LogP contribution is -2.54. The van der Waals surface area contributed by atoms with Crippen molar-refractivity contribution in [2.24, 2.45) is 0 Å². The lowest BCUT2D eigenvalue weighted by molar-refractivity contribution is -0.122. The number of anilines is 1. The number of hydrogen-bond acceptors (Lipinski definition) is 5. The summed E-state index contributed by atoms with van der Waals surface area (Å²) in [5.74, 6) is -2.52. The second-order valence-corrected chi connectivity index (χ2v) is 8.01. The van der Waals surface area contributed by atoms with Crippen molar-refractivity contribution in [2.45, 2.75) is 0 Å². The minimum absolute atomic E-state index is 0.0205. The van der Waals surface area contributed by atoms with Crippen LogP contribution in [0.25, 0.3) is 17.4 Å². The number of benzene rings is 2. The van der Waals surface area contributed by atoms with Crippen LogP contribution in [0.3, 0.4) is 0 Å². The van der Waals surface area contributed by atoms with E-state index < -0.39 is 23.8 Å². The molecule has 3 aromatic rings. The van der Waals surface area contributed by atoms with E-state index in [0.717, 1.165) is 4.90 Å². The Morgan fingerprint density at radius 1 is 0.970 bits per heavy atom. The van der Waals surface area contributed by atoms with E-state index in [1.807, 2.05) is 0 Å². The molecule has 1 aromatic heterocycles. The number of carbonyl (C=O) groups excluding carboxylic acids is 3. The van der Waals surface area contributed by atoms with Gasteiger partial charge in [0.05, 0.1) is 21.3 Å². The van der Waals surface area contributed by atoms with Crippen LogP contribution in [0.2, 0.25) is 15.1 Å². The molecule has 0 radical (unpaired) electrons. The first kappa shape index (κ1) is 22.6. The van der Waals surface area contributed by atoms with Crippen molar-refractivity contribution in [3.05, 3.63) is 80.5 Å². The van der Waals surface area contributed by atoms with Gasteiger partial charge >= 0.3 is 12.0 Å². The first-order valence-electron chi connectivity index (χ1n) is 9.15. The number of imide groups is 2. The van der Waals surface area contributed by atoms with Crippen LogP contribution in [0.15, 0.2) is 58.5 Å². The quantitative estimate of drug-likeness (QED) is 0.368. The minimum Gasteiger partial charge on any atom is -0.478 e. The van der Waals surface area contributed by atoms with Crippen molar-refractivity contribution in [2.75, 3.05) is 4.90 Å². The molecule has 0 unspecified atom stereocenters. The Morgan fingerprint density at radius 3 is 2.39 bits per heavy atom. The van der Waals surface area contributed by atoms with Crippen molar-refractivity contribution in [1.29, 1.82) is 0 Å². The zero-order valence-corrected chi connectivity index (χ0v) is 18.5. The summed E-state index contributed by atoms with van der Waals surface area (Å²) >= 11 is 18.0. The maximum atomic E-state index is 13.0. The molecular weight excluding hydrogens is 495 g/mol. The fourth-order valence-corrected chi connectivity index (χ4v) is 3.86. The second kappa shape index (κ2) is 8.74. The molecule has 166 valence electrons. The molecule has 1 fully saturated rings. The Labute approximate surface area is 200 Å². The maximum absolute atomic E-state index is 13.0. The smallest absolute Gasteiger partial charge is 0.337 e. The highest BCUT2D eigenvalue weighted by Crippen LogP contribution is 2.32. The number of aromatic carboxylic acids is 1. The third-order valence-electron chi connectivity index (χ3n) is 4.65. The van der Waals surface area contributed by atoms with Crippen LogP contribution in [0.4, 0.5) is 10.5 Å². The number of urea groups is 1. The predicted molar refractivity (Wildman–Crippen MR) is 122 cm³/mol. The minimum atomic E-state index is -1.17. The van der Waals surface area contributed by atoms with Crippen LogP contribution < -0.4 is 10.2 Å². The van der Waals surface area contributed by atoms with Gasteiger partial charge in [0.2, 0.25) is 0 Å². The van der Waals surface area contributed by atoms with Gasteiger partial charge in [0, 0.05) is 10.6 Å². The Balaban J connectivity index is 1.67. The summed E-state index contributed by atoms with van der Waals surface area (Å²) in [6.45, 7) is 0. The normalized spacial score (nSPS) is 15.2. The van der Waals surface area contributed by atoms with Gasteiger partial charge in [-0.3, -0.25) is 14.9 Å². The number of halogens is 3. The summed E-state index contributed by atoms with van der Waals surface area (Å²) in [6, 6.07) is 10.5. The third-order valence-corrected chi connectivity index (χ3v) is 5.50. The summed E-state index contributed by atoms with van der Waals surface area (Å²) in [6.07, 6.45) is 1.18. The van der Waals surface area contributed by atoms with E-state index in [2.05, 4.69) is 5.32 Å². The second-order valence-electron chi connectivity index (χ2n) is 6.76. The van der Waals surface area contributed by atoms with E-state index in [1.165, 1.54) is 48.5 Å². The molecule has 11 heteroatoms. The van der Waals surface area contributed by atoms with E-state index in [4.69, 9.17) is 44.3 Å². The zero-order chi connectivity index (χ0) is 23.9. The van der Waals surface area contributed by atoms with Gasteiger partial charge in [-0.1, -0.05) is 40.9 Å². The van der Waals surface area contributed by atoms with Crippen LogP contribution >= 0.6 is 34.8 Å². The van der Waals surface area contributed by atoms with Gasteiger partial charge in [-0.05, 0) is 48.5 Å². The molecule has 8 nitrogen and oxygen atoms in total. The molecule has 2 heterocycles. The van der Waals surface area contributed by atoms with Gasteiger partial charge in [-0.25, -0.2) is 14.5 Å². The maximum Gasteiger partial charge on any atom is 0.337 e. The molecule has 1 saturated heterocycles. The number of nitrogens with one attached hydrogen (secondary N) is 1. The van der Waals surface area contributed by atoms with Crippen molar-refractivity contribution in [3.8, 4) is 11.3 Å². The highest BCUT2D eigenvalue weighted by Gasteiger charge is 2.38. The number of carboxylic acid groups (broad SMARTS) is 1. The molecule has 1 aliphatic heterocycles. The Bertz CT molecular complexity index is 1380. The van der Waals surface area contributed by atoms with Crippen molar-refractivity contribution < 1.29 is 28.7 Å². The zero-order valence-electron chi connectivity index (χ0n) is 16.3. The highest BCUT2D eigenvalue weighted by molar-refractivity contribution is 6.42. The number of nitrogens with zero attached hydrogens (tertiary/aromatic N) is 1. The van der Waals surface area contributed by atoms with E-state index in [0.29, 0.717) is 16.3 Å². The summed E-state index contributed by atoms with van der Waals surface area (Å²) in [4.78, 5) is 49.5. The van der Waals surface area contributed by atoms with E-state index in [-0.39, 0.29) is 32.6 Å². The number of barbiturate groups is 1. The number of amides is 4. The number of hydrogen-bond donors (Lipinski definition) is 2. The number of carbonyl (C=O) groups is 4. The molecule has 0 atom stereocenters. The van der Waals surface area contributed by atoms with Crippen LogP contribution in [0.5, 0.6) is 0 Å². The van der Waals surface area contributed by atoms with Crippen LogP contribution in [-0.4, -0.2) is 28.9 Å². The monoisotopic (exact) mass is 504 g/mol. The van der Waals surface area contributed by atoms with Crippen LogP contribution in [0.1, 0.15) is 16.1 Å². The first-order chi connectivity index (χ1) is 15.7. The summed E-state index contributed by atoms with van der Waals surface area (Å²) in [5.41, 5.74) is 0.110. The van der Waals surface area contributed by atoms with Crippen LogP contribution in [0, 0.1) is 0 Å².